The van der Waals surface area contributed by atoms with Gasteiger partial charge >= 0.3 is 6.09 Å². The van der Waals surface area contributed by atoms with Crippen molar-refractivity contribution in [2.45, 2.75) is 33.3 Å². The lowest BCUT2D eigenvalue weighted by Crippen LogP contribution is -2.32. The number of hydrogen-bond donors (Lipinski definition) is 2. The molecule has 0 heterocycles. The van der Waals surface area contributed by atoms with E-state index in [9.17, 15) is 9.59 Å². The molecule has 5 heteroatoms. The number of alkyl carbamates (subject to hydrolysis) is 1. The molecule has 2 amide bonds. The molecule has 0 saturated heterocycles. The van der Waals surface area contributed by atoms with Gasteiger partial charge in [-0.25, -0.2) is 4.79 Å². The quantitative estimate of drug-likeness (QED) is 0.822. The molecule has 0 aliphatic rings. The molecule has 21 heavy (non-hydrogen) atoms. The van der Waals surface area contributed by atoms with Gasteiger partial charge in [-0.15, -0.1) is 0 Å². The van der Waals surface area contributed by atoms with Crippen molar-refractivity contribution in [3.8, 4) is 11.8 Å². The van der Waals surface area contributed by atoms with Crippen LogP contribution in [0.3, 0.4) is 0 Å². The maximum absolute atomic E-state index is 11.4. The van der Waals surface area contributed by atoms with E-state index in [0.717, 1.165) is 11.3 Å². The fourth-order valence-corrected chi connectivity index (χ4v) is 1.42. The van der Waals surface area contributed by atoms with Gasteiger partial charge in [0.05, 0.1) is 6.54 Å². The van der Waals surface area contributed by atoms with Crippen molar-refractivity contribution in [3.63, 3.8) is 0 Å². The Morgan fingerprint density at radius 2 is 1.81 bits per heavy atom. The molecule has 0 bridgehead atoms. The summed E-state index contributed by atoms with van der Waals surface area (Å²) in [4.78, 5) is 22.3. The summed E-state index contributed by atoms with van der Waals surface area (Å²) in [7, 11) is 0. The minimum Gasteiger partial charge on any atom is -0.444 e. The SMILES string of the molecule is CC(=O)Nc1ccc(C#CCNC(=O)OC(C)(C)C)cc1. The number of benzene rings is 1. The molecule has 5 nitrogen and oxygen atoms in total. The molecule has 1 rings (SSSR count). The second kappa shape index (κ2) is 7.34. The van der Waals surface area contributed by atoms with Crippen molar-refractivity contribution < 1.29 is 14.3 Å². The van der Waals surface area contributed by atoms with Crippen LogP contribution in [0.5, 0.6) is 0 Å². The van der Waals surface area contributed by atoms with E-state index in [1.54, 1.807) is 45.0 Å². The summed E-state index contributed by atoms with van der Waals surface area (Å²) in [6.07, 6.45) is -0.488. The lowest BCUT2D eigenvalue weighted by atomic mass is 10.2. The largest absolute Gasteiger partial charge is 0.444 e. The summed E-state index contributed by atoms with van der Waals surface area (Å²) in [5.74, 6) is 5.62. The Kier molecular flexibility index (Phi) is 5.79. The Hall–Kier alpha value is -2.48. The Bertz CT molecular complexity index is 560. The molecular weight excluding hydrogens is 268 g/mol. The van der Waals surface area contributed by atoms with Crippen LogP contribution in [0.2, 0.25) is 0 Å². The first-order valence-electron chi connectivity index (χ1n) is 6.59. The number of anilines is 1. The van der Waals surface area contributed by atoms with Gasteiger partial charge in [-0.3, -0.25) is 4.79 Å². The molecule has 0 spiro atoms. The lowest BCUT2D eigenvalue weighted by Gasteiger charge is -2.18. The fourth-order valence-electron chi connectivity index (χ4n) is 1.42. The van der Waals surface area contributed by atoms with Crippen LogP contribution in [0, 0.1) is 11.8 Å². The van der Waals surface area contributed by atoms with Gasteiger partial charge in [0.1, 0.15) is 5.60 Å². The third-order valence-corrected chi connectivity index (χ3v) is 2.16. The van der Waals surface area contributed by atoms with Gasteiger partial charge < -0.3 is 15.4 Å². The van der Waals surface area contributed by atoms with Crippen LogP contribution < -0.4 is 10.6 Å². The third kappa shape index (κ3) is 7.63. The van der Waals surface area contributed by atoms with Crippen LogP contribution in [-0.2, 0) is 9.53 Å². The van der Waals surface area contributed by atoms with Crippen LogP contribution in [0.4, 0.5) is 10.5 Å². The Morgan fingerprint density at radius 3 is 2.33 bits per heavy atom. The summed E-state index contributed by atoms with van der Waals surface area (Å²) < 4.78 is 5.08. The summed E-state index contributed by atoms with van der Waals surface area (Å²) in [6.45, 7) is 7.07. The highest BCUT2D eigenvalue weighted by atomic mass is 16.6. The fraction of sp³-hybridized carbons (Fsp3) is 0.375. The number of amides is 2. The van der Waals surface area contributed by atoms with Gasteiger partial charge in [-0.05, 0) is 45.0 Å². The predicted octanol–water partition coefficient (Wildman–Crippen LogP) is 2.52. The zero-order valence-electron chi connectivity index (χ0n) is 12.7. The van der Waals surface area contributed by atoms with Gasteiger partial charge in [0.15, 0.2) is 0 Å². The van der Waals surface area contributed by atoms with Crippen LogP contribution in [0.1, 0.15) is 33.3 Å². The minimum absolute atomic E-state index is 0.115. The average Bonchev–Trinajstić information content (AvgIpc) is 2.34. The summed E-state index contributed by atoms with van der Waals surface area (Å²) in [6, 6.07) is 7.14. The van der Waals surface area contributed by atoms with Crippen molar-refractivity contribution in [3.05, 3.63) is 29.8 Å². The van der Waals surface area contributed by atoms with Gasteiger partial charge in [-0.2, -0.15) is 0 Å². The van der Waals surface area contributed by atoms with Crippen LogP contribution in [0.15, 0.2) is 24.3 Å². The normalized spacial score (nSPS) is 10.1. The van der Waals surface area contributed by atoms with Crippen molar-refractivity contribution in [2.24, 2.45) is 0 Å². The Balaban J connectivity index is 2.45. The highest BCUT2D eigenvalue weighted by Crippen LogP contribution is 2.08. The van der Waals surface area contributed by atoms with Gasteiger partial charge in [0.2, 0.25) is 5.91 Å². The van der Waals surface area contributed by atoms with Gasteiger partial charge in [-0.1, -0.05) is 11.8 Å². The molecule has 0 unspecified atom stereocenters. The topological polar surface area (TPSA) is 67.4 Å². The molecule has 0 saturated carbocycles. The van der Waals surface area contributed by atoms with Gasteiger partial charge in [0.25, 0.3) is 0 Å². The smallest absolute Gasteiger partial charge is 0.408 e. The van der Waals surface area contributed by atoms with Crippen LogP contribution in [0.25, 0.3) is 0 Å². The first-order chi connectivity index (χ1) is 9.76. The second-order valence-electron chi connectivity index (χ2n) is 5.42. The molecule has 0 aliphatic carbocycles. The maximum atomic E-state index is 11.4. The van der Waals surface area contributed by atoms with E-state index in [1.807, 2.05) is 0 Å². The third-order valence-electron chi connectivity index (χ3n) is 2.16. The van der Waals surface area contributed by atoms with E-state index in [0.29, 0.717) is 0 Å². The van der Waals surface area contributed by atoms with E-state index in [1.165, 1.54) is 6.92 Å². The molecule has 1 aromatic carbocycles. The Morgan fingerprint density at radius 1 is 1.19 bits per heavy atom. The van der Waals surface area contributed by atoms with E-state index in [4.69, 9.17) is 4.74 Å². The van der Waals surface area contributed by atoms with Crippen molar-refractivity contribution in [1.29, 1.82) is 0 Å². The summed E-state index contributed by atoms with van der Waals surface area (Å²) in [5, 5.41) is 5.23. The van der Waals surface area contributed by atoms with Crippen LogP contribution >= 0.6 is 0 Å². The number of rotatable bonds is 2. The molecule has 0 atom stereocenters. The highest BCUT2D eigenvalue weighted by Gasteiger charge is 2.14. The first kappa shape index (κ1) is 16.6. The second-order valence-corrected chi connectivity index (χ2v) is 5.42. The molecule has 0 radical (unpaired) electrons. The van der Waals surface area contributed by atoms with Gasteiger partial charge in [0, 0.05) is 18.2 Å². The Labute approximate surface area is 125 Å². The number of nitrogens with one attached hydrogen (secondary N) is 2. The standard InChI is InChI=1S/C16H20N2O3/c1-12(19)18-14-9-7-13(8-10-14)6-5-11-17-15(20)21-16(2,3)4/h7-10H,11H2,1-4H3,(H,17,20)(H,18,19). The van der Waals surface area contributed by atoms with Crippen molar-refractivity contribution in [1.82, 2.24) is 5.32 Å². The molecule has 0 aliphatic heterocycles. The number of ether oxygens (including phenoxy) is 1. The number of carbonyl (C=O) groups is 2. The minimum atomic E-state index is -0.517. The highest BCUT2D eigenvalue weighted by molar-refractivity contribution is 5.88. The van der Waals surface area contributed by atoms with E-state index in [-0.39, 0.29) is 12.5 Å². The van der Waals surface area contributed by atoms with Crippen molar-refractivity contribution in [2.75, 3.05) is 11.9 Å². The molecule has 0 aromatic heterocycles. The lowest BCUT2D eigenvalue weighted by molar-refractivity contribution is -0.114. The van der Waals surface area contributed by atoms with E-state index in [2.05, 4.69) is 22.5 Å². The molecule has 112 valence electrons. The number of carbonyl (C=O) groups excluding carboxylic acids is 2. The van der Waals surface area contributed by atoms with Crippen molar-refractivity contribution >= 4 is 17.7 Å². The monoisotopic (exact) mass is 288 g/mol. The maximum Gasteiger partial charge on any atom is 0.408 e. The zero-order chi connectivity index (χ0) is 15.9. The molecule has 1 aromatic rings. The molecular formula is C16H20N2O3. The molecule has 2 N–H and O–H groups in total. The van der Waals surface area contributed by atoms with Crippen LogP contribution in [-0.4, -0.2) is 24.1 Å². The summed E-state index contributed by atoms with van der Waals surface area (Å²) in [5.41, 5.74) is 1.01. The number of hydrogen-bond acceptors (Lipinski definition) is 3. The van der Waals surface area contributed by atoms with E-state index >= 15 is 0 Å². The molecule has 0 fully saturated rings. The predicted molar refractivity (Wildman–Crippen MR) is 81.9 cm³/mol. The zero-order valence-corrected chi connectivity index (χ0v) is 12.7. The average molecular weight is 288 g/mol. The summed E-state index contributed by atoms with van der Waals surface area (Å²) >= 11 is 0. The first-order valence-corrected chi connectivity index (χ1v) is 6.59. The van der Waals surface area contributed by atoms with E-state index < -0.39 is 11.7 Å².